The third kappa shape index (κ3) is 5.46. The lowest BCUT2D eigenvalue weighted by atomic mass is 9.98. The predicted octanol–water partition coefficient (Wildman–Crippen LogP) is 4.02. The summed E-state index contributed by atoms with van der Waals surface area (Å²) in [6.07, 6.45) is 4.03. The van der Waals surface area contributed by atoms with Crippen LogP contribution in [-0.4, -0.2) is 85.9 Å². The third-order valence-corrected chi connectivity index (χ3v) is 9.69. The number of aromatic nitrogens is 4. The van der Waals surface area contributed by atoms with Crippen LogP contribution < -0.4 is 9.64 Å². The second-order valence-electron chi connectivity index (χ2n) is 12.6. The molecule has 47 heavy (non-hydrogen) atoms. The number of aromatic amines is 1. The highest BCUT2D eigenvalue weighted by atomic mass is 16.5. The smallest absolute Gasteiger partial charge is 0.324 e. The van der Waals surface area contributed by atoms with Crippen LogP contribution in [-0.2, 0) is 30.8 Å². The number of aryl methyl sites for hydroxylation is 1. The first-order valence-corrected chi connectivity index (χ1v) is 15.9. The molecule has 0 spiro atoms. The summed E-state index contributed by atoms with van der Waals surface area (Å²) in [6.45, 7) is 11.3. The number of H-pyrrole nitrogens is 1. The zero-order chi connectivity index (χ0) is 32.8. The minimum absolute atomic E-state index is 0.103. The summed E-state index contributed by atoms with van der Waals surface area (Å²) in [5, 5.41) is 17.6. The predicted molar refractivity (Wildman–Crippen MR) is 176 cm³/mol. The number of nitrogens with one attached hydrogen (secondary N) is 1. The van der Waals surface area contributed by atoms with Crippen molar-refractivity contribution in [2.45, 2.75) is 52.4 Å². The van der Waals surface area contributed by atoms with Gasteiger partial charge in [-0.2, -0.15) is 20.3 Å². The molecule has 1 N–H and O–H groups in total. The maximum Gasteiger partial charge on any atom is 0.324 e. The summed E-state index contributed by atoms with van der Waals surface area (Å²) in [5.74, 6) is 1.09. The molecule has 0 saturated carbocycles. The first-order chi connectivity index (χ1) is 22.7. The molecule has 240 valence electrons. The van der Waals surface area contributed by atoms with Gasteiger partial charge in [-0.15, -0.1) is 0 Å². The minimum atomic E-state index is -0.337. The molecule has 12 nitrogen and oxygen atoms in total. The molecule has 3 aliphatic heterocycles. The zero-order valence-corrected chi connectivity index (χ0v) is 26.9. The van der Waals surface area contributed by atoms with Gasteiger partial charge in [-0.05, 0) is 62.2 Å². The summed E-state index contributed by atoms with van der Waals surface area (Å²) in [7, 11) is 2.11. The number of carbonyl (C=O) groups is 2. The molecule has 5 heterocycles. The quantitative estimate of drug-likeness (QED) is 0.313. The van der Waals surface area contributed by atoms with Crippen molar-refractivity contribution in [3.63, 3.8) is 0 Å². The summed E-state index contributed by atoms with van der Waals surface area (Å²) < 4.78 is 6.47. The first kappa shape index (κ1) is 30.4. The van der Waals surface area contributed by atoms with Crippen LogP contribution in [0.5, 0.6) is 11.8 Å². The zero-order valence-electron chi connectivity index (χ0n) is 26.9. The standard InChI is InChI=1S/C35H37N9O3/c1-5-31(45)44-14-13-42(18-24(44)9-11-36)33-27-19-43(34(46)32-22(3)21(2)15-28-26(32)16-37-40-28)20-29(27)38-35(39-33)47-30-8-6-7-23-17-41(4)12-10-25(23)30/h5-8,15-16,24H,1,9-10,12-14,17-20H2,2-4H3,(H,37,40)/t24-/m0/s1. The van der Waals surface area contributed by atoms with Crippen LogP contribution in [0.1, 0.15) is 50.3 Å². The second kappa shape index (κ2) is 12.1. The van der Waals surface area contributed by atoms with Crippen LogP contribution in [0.3, 0.4) is 0 Å². The molecule has 7 rings (SSSR count). The van der Waals surface area contributed by atoms with E-state index < -0.39 is 0 Å². The number of fused-ring (bicyclic) bond motifs is 3. The Hall–Kier alpha value is -5.28. The Morgan fingerprint density at radius 2 is 2.00 bits per heavy atom. The van der Waals surface area contributed by atoms with Crippen molar-refractivity contribution in [3.05, 3.63) is 82.2 Å². The monoisotopic (exact) mass is 631 g/mol. The lowest BCUT2D eigenvalue weighted by molar-refractivity contribution is -0.128. The van der Waals surface area contributed by atoms with Crippen LogP contribution in [0, 0.1) is 25.2 Å². The van der Waals surface area contributed by atoms with Gasteiger partial charge in [0.2, 0.25) is 5.91 Å². The number of nitrogens with zero attached hydrogens (tertiary/aromatic N) is 8. The van der Waals surface area contributed by atoms with Gasteiger partial charge in [-0.3, -0.25) is 14.7 Å². The topological polar surface area (TPSA) is 135 Å². The van der Waals surface area contributed by atoms with E-state index >= 15 is 0 Å². The maximum absolute atomic E-state index is 14.2. The van der Waals surface area contributed by atoms with Gasteiger partial charge in [0.05, 0.1) is 54.6 Å². The fourth-order valence-electron chi connectivity index (χ4n) is 7.07. The molecule has 1 saturated heterocycles. The molecule has 12 heteroatoms. The van der Waals surface area contributed by atoms with Crippen LogP contribution in [0.25, 0.3) is 10.9 Å². The Balaban J connectivity index is 1.26. The molecule has 2 amide bonds. The van der Waals surface area contributed by atoms with Gasteiger partial charge < -0.3 is 24.3 Å². The van der Waals surface area contributed by atoms with Gasteiger partial charge in [0.25, 0.3) is 5.91 Å². The van der Waals surface area contributed by atoms with E-state index in [0.29, 0.717) is 44.1 Å². The molecule has 2 aromatic carbocycles. The van der Waals surface area contributed by atoms with Gasteiger partial charge >= 0.3 is 6.01 Å². The number of hydrogen-bond acceptors (Lipinski definition) is 9. The van der Waals surface area contributed by atoms with E-state index in [0.717, 1.165) is 64.1 Å². The molecule has 0 unspecified atom stereocenters. The van der Waals surface area contributed by atoms with Gasteiger partial charge in [-0.25, -0.2) is 0 Å². The Morgan fingerprint density at radius 1 is 1.15 bits per heavy atom. The number of carbonyl (C=O) groups excluding carboxylic acids is 2. The van der Waals surface area contributed by atoms with Gasteiger partial charge in [0.1, 0.15) is 11.6 Å². The van der Waals surface area contributed by atoms with E-state index in [1.807, 2.05) is 32.0 Å². The van der Waals surface area contributed by atoms with Crippen LogP contribution in [0.4, 0.5) is 5.82 Å². The molecule has 4 aromatic rings. The highest BCUT2D eigenvalue weighted by Crippen LogP contribution is 2.37. The lowest BCUT2D eigenvalue weighted by Crippen LogP contribution is -2.55. The number of ether oxygens (including phenoxy) is 1. The number of nitriles is 1. The normalized spacial score (nSPS) is 17.7. The molecule has 1 atom stereocenters. The Labute approximate surface area is 273 Å². The molecular weight excluding hydrogens is 594 g/mol. The number of amides is 2. The lowest BCUT2D eigenvalue weighted by Gasteiger charge is -2.41. The Bertz CT molecular complexity index is 1960. The highest BCUT2D eigenvalue weighted by molar-refractivity contribution is 6.08. The number of hydrogen-bond donors (Lipinski definition) is 1. The van der Waals surface area contributed by atoms with Gasteiger partial charge in [0.15, 0.2) is 0 Å². The van der Waals surface area contributed by atoms with E-state index in [4.69, 9.17) is 14.7 Å². The largest absolute Gasteiger partial charge is 0.424 e. The third-order valence-electron chi connectivity index (χ3n) is 9.69. The van der Waals surface area contributed by atoms with Gasteiger partial charge in [0, 0.05) is 49.2 Å². The number of piperazine rings is 1. The summed E-state index contributed by atoms with van der Waals surface area (Å²) in [6, 6.07) is 10.2. The fraction of sp³-hybridized carbons (Fsp3) is 0.371. The number of likely N-dealkylation sites (N-methyl/N-ethyl adjacent to an activating group) is 1. The molecular formula is C35H37N9O3. The van der Waals surface area contributed by atoms with E-state index in [1.54, 1.807) is 16.0 Å². The number of anilines is 1. The highest BCUT2D eigenvalue weighted by Gasteiger charge is 2.36. The van der Waals surface area contributed by atoms with Crippen molar-refractivity contribution in [2.75, 3.05) is 38.1 Å². The number of benzene rings is 2. The summed E-state index contributed by atoms with van der Waals surface area (Å²) >= 11 is 0. The average Bonchev–Trinajstić information content (AvgIpc) is 3.71. The minimum Gasteiger partial charge on any atom is -0.424 e. The second-order valence-corrected chi connectivity index (χ2v) is 12.6. The molecule has 2 aromatic heterocycles. The first-order valence-electron chi connectivity index (χ1n) is 15.9. The molecule has 0 radical (unpaired) electrons. The van der Waals surface area contributed by atoms with Crippen LogP contribution in [0.15, 0.2) is 43.1 Å². The van der Waals surface area contributed by atoms with Crippen LogP contribution in [0.2, 0.25) is 0 Å². The summed E-state index contributed by atoms with van der Waals surface area (Å²) in [4.78, 5) is 44.6. The molecule has 0 bridgehead atoms. The molecule has 1 fully saturated rings. The Morgan fingerprint density at radius 3 is 2.81 bits per heavy atom. The summed E-state index contributed by atoms with van der Waals surface area (Å²) in [5.41, 5.74) is 7.29. The van der Waals surface area contributed by atoms with Crippen molar-refractivity contribution >= 4 is 28.5 Å². The van der Waals surface area contributed by atoms with E-state index in [9.17, 15) is 14.9 Å². The molecule has 3 aliphatic rings. The van der Waals surface area contributed by atoms with Crippen LogP contribution >= 0.6 is 0 Å². The SMILES string of the molecule is C=CC(=O)N1CCN(c2nc(Oc3cccc4c3CCN(C)C4)nc3c2CN(C(=O)c2c(C)c(C)cc4[nH]ncc24)C3)C[C@@H]1CC#N. The average molecular weight is 632 g/mol. The van der Waals surface area contributed by atoms with Crippen molar-refractivity contribution in [3.8, 4) is 17.8 Å². The fourth-order valence-corrected chi connectivity index (χ4v) is 7.07. The van der Waals surface area contributed by atoms with Crippen molar-refractivity contribution < 1.29 is 14.3 Å². The van der Waals surface area contributed by atoms with Crippen molar-refractivity contribution in [1.29, 1.82) is 5.26 Å². The van der Waals surface area contributed by atoms with Crippen molar-refractivity contribution in [2.24, 2.45) is 0 Å². The van der Waals surface area contributed by atoms with E-state index in [-0.39, 0.29) is 30.3 Å². The van der Waals surface area contributed by atoms with Gasteiger partial charge in [-0.1, -0.05) is 18.7 Å². The number of rotatable bonds is 6. The Kier molecular flexibility index (Phi) is 7.85. The van der Waals surface area contributed by atoms with E-state index in [2.05, 4.69) is 45.8 Å². The van der Waals surface area contributed by atoms with E-state index in [1.165, 1.54) is 11.6 Å². The maximum atomic E-state index is 14.2. The molecule has 0 aliphatic carbocycles. The van der Waals surface area contributed by atoms with Crippen molar-refractivity contribution in [1.82, 2.24) is 34.9 Å².